The van der Waals surface area contributed by atoms with Gasteiger partial charge in [0, 0.05) is 33.4 Å². The molecule has 0 spiro atoms. The van der Waals surface area contributed by atoms with E-state index in [0.29, 0.717) is 12.8 Å². The molecule has 1 atom stereocenters. The minimum Gasteiger partial charge on any atom is -0.481 e. The molecule has 1 aromatic carbocycles. The number of benzene rings is 1. The van der Waals surface area contributed by atoms with Crippen LogP contribution in [0, 0.1) is 0 Å². The van der Waals surface area contributed by atoms with Gasteiger partial charge in [-0.2, -0.15) is 0 Å². The molecule has 2 aromatic rings. The Balaban J connectivity index is 1.74. The summed E-state index contributed by atoms with van der Waals surface area (Å²) in [6.07, 6.45) is 1.05. The molecular formula is C16H14BrNO3S. The number of para-hydroxylation sites is 1. The number of aryl methyl sites for hydroxylation is 1. The van der Waals surface area contributed by atoms with Crippen molar-refractivity contribution in [1.29, 1.82) is 0 Å². The molecule has 2 heterocycles. The highest BCUT2D eigenvalue weighted by molar-refractivity contribution is 9.10. The zero-order chi connectivity index (χ0) is 15.7. The number of carbonyl (C=O) groups excluding carboxylic acids is 1. The first-order valence-electron chi connectivity index (χ1n) is 6.91. The standard InChI is InChI=1S/C16H14BrNO3S/c17-10-7-11(22-9-10)5-6-15(19)18-8-13(16(20)21)12-3-1-2-4-14(12)18/h1-4,7,9,13H,5-6,8H2,(H,20,21). The Bertz CT molecular complexity index is 728. The Labute approximate surface area is 140 Å². The second-order valence-electron chi connectivity index (χ2n) is 5.19. The number of hydrogen-bond donors (Lipinski definition) is 1. The Morgan fingerprint density at radius 1 is 1.36 bits per heavy atom. The number of amides is 1. The van der Waals surface area contributed by atoms with Crippen molar-refractivity contribution in [3.63, 3.8) is 0 Å². The van der Waals surface area contributed by atoms with Crippen molar-refractivity contribution < 1.29 is 14.7 Å². The molecule has 0 bridgehead atoms. The van der Waals surface area contributed by atoms with Crippen LogP contribution in [-0.4, -0.2) is 23.5 Å². The maximum atomic E-state index is 12.5. The van der Waals surface area contributed by atoms with Gasteiger partial charge in [0.2, 0.25) is 5.91 Å². The summed E-state index contributed by atoms with van der Waals surface area (Å²) in [6, 6.07) is 9.26. The number of hydrogen-bond acceptors (Lipinski definition) is 3. The molecule has 1 aromatic heterocycles. The third kappa shape index (κ3) is 2.94. The molecule has 1 amide bonds. The van der Waals surface area contributed by atoms with Crippen molar-refractivity contribution in [2.24, 2.45) is 0 Å². The average molecular weight is 380 g/mol. The second-order valence-corrected chi connectivity index (χ2v) is 7.10. The highest BCUT2D eigenvalue weighted by atomic mass is 79.9. The molecule has 22 heavy (non-hydrogen) atoms. The van der Waals surface area contributed by atoms with Crippen LogP contribution in [0.15, 0.2) is 40.2 Å². The molecule has 1 unspecified atom stereocenters. The van der Waals surface area contributed by atoms with Crippen LogP contribution in [0.5, 0.6) is 0 Å². The summed E-state index contributed by atoms with van der Waals surface area (Å²) in [7, 11) is 0. The van der Waals surface area contributed by atoms with Crippen molar-refractivity contribution in [3.8, 4) is 0 Å². The van der Waals surface area contributed by atoms with Crippen molar-refractivity contribution in [2.75, 3.05) is 11.4 Å². The lowest BCUT2D eigenvalue weighted by Crippen LogP contribution is -2.31. The number of aliphatic carboxylic acids is 1. The molecule has 0 radical (unpaired) electrons. The zero-order valence-corrected chi connectivity index (χ0v) is 14.1. The van der Waals surface area contributed by atoms with Gasteiger partial charge in [0.15, 0.2) is 0 Å². The topological polar surface area (TPSA) is 57.6 Å². The van der Waals surface area contributed by atoms with Crippen molar-refractivity contribution in [2.45, 2.75) is 18.8 Å². The Morgan fingerprint density at radius 2 is 2.14 bits per heavy atom. The number of thiophene rings is 1. The fourth-order valence-corrected chi connectivity index (χ4v) is 4.16. The van der Waals surface area contributed by atoms with Gasteiger partial charge in [0.1, 0.15) is 5.92 Å². The third-order valence-electron chi connectivity index (χ3n) is 3.77. The van der Waals surface area contributed by atoms with E-state index in [4.69, 9.17) is 0 Å². The maximum absolute atomic E-state index is 12.5. The molecule has 1 aliphatic rings. The van der Waals surface area contributed by atoms with E-state index in [-0.39, 0.29) is 12.5 Å². The number of halogens is 1. The minimum atomic E-state index is -0.884. The van der Waals surface area contributed by atoms with Crippen LogP contribution < -0.4 is 4.90 Å². The van der Waals surface area contributed by atoms with Crippen LogP contribution in [0.3, 0.4) is 0 Å². The molecule has 1 aliphatic heterocycles. The highest BCUT2D eigenvalue weighted by Crippen LogP contribution is 2.36. The Kier molecular flexibility index (Phi) is 4.31. The summed E-state index contributed by atoms with van der Waals surface area (Å²) in [5.74, 6) is -1.54. The number of anilines is 1. The zero-order valence-electron chi connectivity index (χ0n) is 11.7. The molecular weight excluding hydrogens is 366 g/mol. The predicted octanol–water partition coefficient (Wildman–Crippen LogP) is 3.66. The average Bonchev–Trinajstić information content (AvgIpc) is 3.08. The van der Waals surface area contributed by atoms with Gasteiger partial charge in [-0.1, -0.05) is 18.2 Å². The largest absolute Gasteiger partial charge is 0.481 e. The van der Waals surface area contributed by atoms with E-state index < -0.39 is 11.9 Å². The normalized spacial score (nSPS) is 16.6. The lowest BCUT2D eigenvalue weighted by atomic mass is 10.0. The summed E-state index contributed by atoms with van der Waals surface area (Å²) in [5.41, 5.74) is 1.45. The van der Waals surface area contributed by atoms with Gasteiger partial charge in [0.25, 0.3) is 0 Å². The van der Waals surface area contributed by atoms with E-state index in [1.54, 1.807) is 22.3 Å². The summed E-state index contributed by atoms with van der Waals surface area (Å²) >= 11 is 5.01. The molecule has 0 saturated heterocycles. The number of rotatable bonds is 4. The summed E-state index contributed by atoms with van der Waals surface area (Å²) in [5, 5.41) is 11.3. The number of fused-ring (bicyclic) bond motifs is 1. The molecule has 0 saturated carbocycles. The molecule has 3 rings (SSSR count). The lowest BCUT2D eigenvalue weighted by molar-refractivity contribution is -0.138. The van der Waals surface area contributed by atoms with E-state index in [1.165, 1.54) is 0 Å². The molecule has 0 aliphatic carbocycles. The van der Waals surface area contributed by atoms with Gasteiger partial charge in [-0.25, -0.2) is 0 Å². The fourth-order valence-electron chi connectivity index (χ4n) is 2.70. The predicted molar refractivity (Wildman–Crippen MR) is 89.5 cm³/mol. The van der Waals surface area contributed by atoms with Crippen LogP contribution in [-0.2, 0) is 16.0 Å². The van der Waals surface area contributed by atoms with Crippen LogP contribution >= 0.6 is 27.3 Å². The van der Waals surface area contributed by atoms with E-state index in [2.05, 4.69) is 15.9 Å². The fraction of sp³-hybridized carbons (Fsp3) is 0.250. The molecule has 0 fully saturated rings. The van der Waals surface area contributed by atoms with Crippen molar-refractivity contribution in [1.82, 2.24) is 0 Å². The molecule has 4 nitrogen and oxygen atoms in total. The summed E-state index contributed by atoms with van der Waals surface area (Å²) in [4.78, 5) is 26.6. The number of nitrogens with zero attached hydrogens (tertiary/aromatic N) is 1. The van der Waals surface area contributed by atoms with E-state index >= 15 is 0 Å². The quantitative estimate of drug-likeness (QED) is 0.881. The molecule has 6 heteroatoms. The van der Waals surface area contributed by atoms with Crippen LogP contribution in [0.1, 0.15) is 22.8 Å². The van der Waals surface area contributed by atoms with Gasteiger partial charge < -0.3 is 10.0 Å². The summed E-state index contributed by atoms with van der Waals surface area (Å²) in [6.45, 7) is 0.224. The maximum Gasteiger partial charge on any atom is 0.312 e. The van der Waals surface area contributed by atoms with Gasteiger partial charge in [-0.05, 0) is 40.0 Å². The third-order valence-corrected chi connectivity index (χ3v) is 5.53. The number of carboxylic acid groups (broad SMARTS) is 1. The first-order chi connectivity index (χ1) is 10.6. The van der Waals surface area contributed by atoms with Gasteiger partial charge >= 0.3 is 5.97 Å². The number of carboxylic acids is 1. The Hall–Kier alpha value is -1.66. The van der Waals surface area contributed by atoms with Crippen molar-refractivity contribution in [3.05, 3.63) is 50.6 Å². The molecule has 114 valence electrons. The van der Waals surface area contributed by atoms with Crippen LogP contribution in [0.4, 0.5) is 5.69 Å². The van der Waals surface area contributed by atoms with Crippen LogP contribution in [0.2, 0.25) is 0 Å². The summed E-state index contributed by atoms with van der Waals surface area (Å²) < 4.78 is 1.03. The number of carbonyl (C=O) groups is 2. The van der Waals surface area contributed by atoms with Crippen LogP contribution in [0.25, 0.3) is 0 Å². The van der Waals surface area contributed by atoms with Gasteiger partial charge in [-0.3, -0.25) is 9.59 Å². The lowest BCUT2D eigenvalue weighted by Gasteiger charge is -2.17. The molecule has 1 N–H and O–H groups in total. The SMILES string of the molecule is O=C(O)C1CN(C(=O)CCc2cc(Br)cs2)c2ccccc21. The first-order valence-corrected chi connectivity index (χ1v) is 8.58. The minimum absolute atomic E-state index is 0.0271. The highest BCUT2D eigenvalue weighted by Gasteiger charge is 2.35. The van der Waals surface area contributed by atoms with Gasteiger partial charge in [0.05, 0.1) is 0 Å². The second kappa shape index (κ2) is 6.22. The van der Waals surface area contributed by atoms with E-state index in [9.17, 15) is 14.7 Å². The van der Waals surface area contributed by atoms with Crippen molar-refractivity contribution >= 4 is 44.8 Å². The van der Waals surface area contributed by atoms with E-state index in [0.717, 1.165) is 20.6 Å². The Morgan fingerprint density at radius 3 is 2.82 bits per heavy atom. The smallest absolute Gasteiger partial charge is 0.312 e. The first kappa shape index (κ1) is 15.2. The monoisotopic (exact) mass is 379 g/mol. The van der Waals surface area contributed by atoms with Gasteiger partial charge in [-0.15, -0.1) is 11.3 Å². The van der Waals surface area contributed by atoms with E-state index in [1.807, 2.05) is 29.6 Å².